The molecule has 100 valence electrons. The van der Waals surface area contributed by atoms with Crippen LogP contribution in [0.2, 0.25) is 0 Å². The van der Waals surface area contributed by atoms with Crippen LogP contribution >= 0.6 is 0 Å². The van der Waals surface area contributed by atoms with Gasteiger partial charge in [0.05, 0.1) is 0 Å². The minimum atomic E-state index is -0.0856. The van der Waals surface area contributed by atoms with Crippen molar-refractivity contribution in [2.24, 2.45) is 11.7 Å². The summed E-state index contributed by atoms with van der Waals surface area (Å²) in [6.07, 6.45) is 6.04. The van der Waals surface area contributed by atoms with Gasteiger partial charge in [-0.3, -0.25) is 0 Å². The van der Waals surface area contributed by atoms with Crippen molar-refractivity contribution < 1.29 is 0 Å². The molecule has 0 fully saturated rings. The Morgan fingerprint density at radius 2 is 2.11 bits per heavy atom. The van der Waals surface area contributed by atoms with E-state index in [0.717, 1.165) is 18.8 Å². The number of fused-ring (bicyclic) bond motifs is 1. The van der Waals surface area contributed by atoms with Gasteiger partial charge in [0, 0.05) is 5.54 Å². The van der Waals surface area contributed by atoms with E-state index in [1.54, 1.807) is 0 Å². The Bertz CT molecular complexity index is 398. The maximum absolute atomic E-state index is 6.76. The molecule has 0 saturated heterocycles. The molecule has 0 bridgehead atoms. The van der Waals surface area contributed by atoms with Crippen LogP contribution in [0.25, 0.3) is 0 Å². The van der Waals surface area contributed by atoms with Gasteiger partial charge in [0.1, 0.15) is 0 Å². The zero-order valence-corrected chi connectivity index (χ0v) is 12.1. The predicted molar refractivity (Wildman–Crippen MR) is 78.6 cm³/mol. The van der Waals surface area contributed by atoms with Crippen molar-refractivity contribution in [1.82, 2.24) is 0 Å². The van der Waals surface area contributed by atoms with Crippen molar-refractivity contribution in [3.63, 3.8) is 0 Å². The Hall–Kier alpha value is -0.820. The summed E-state index contributed by atoms with van der Waals surface area (Å²) in [6.45, 7) is 6.93. The number of hydrogen-bond acceptors (Lipinski definition) is 1. The minimum absolute atomic E-state index is 0.0856. The van der Waals surface area contributed by atoms with Crippen LogP contribution in [0.3, 0.4) is 0 Å². The number of rotatable bonds is 4. The number of benzene rings is 1. The smallest absolute Gasteiger partial charge is 0.0415 e. The monoisotopic (exact) mass is 245 g/mol. The van der Waals surface area contributed by atoms with E-state index in [1.807, 2.05) is 0 Å². The standard InChI is InChI=1S/C17H27N/c1-4-7-13(2)12-17(18)11-10-14(3)15-8-5-6-9-16(15)17/h5-6,8-9,13-14H,4,7,10-12,18H2,1-3H3. The molecule has 2 rings (SSSR count). The highest BCUT2D eigenvalue weighted by atomic mass is 14.8. The summed E-state index contributed by atoms with van der Waals surface area (Å²) in [7, 11) is 0. The average Bonchev–Trinajstić information content (AvgIpc) is 2.35. The van der Waals surface area contributed by atoms with E-state index in [4.69, 9.17) is 5.73 Å². The van der Waals surface area contributed by atoms with E-state index in [1.165, 1.54) is 30.4 Å². The molecule has 2 N–H and O–H groups in total. The fourth-order valence-corrected chi connectivity index (χ4v) is 3.57. The van der Waals surface area contributed by atoms with Crippen LogP contribution < -0.4 is 5.73 Å². The molecule has 0 heterocycles. The second-order valence-corrected chi connectivity index (χ2v) is 6.28. The Kier molecular flexibility index (Phi) is 4.11. The molecule has 3 atom stereocenters. The van der Waals surface area contributed by atoms with Crippen LogP contribution in [0.15, 0.2) is 24.3 Å². The molecule has 1 heteroatoms. The Morgan fingerprint density at radius 3 is 2.83 bits per heavy atom. The third-order valence-electron chi connectivity index (χ3n) is 4.55. The van der Waals surface area contributed by atoms with Gasteiger partial charge >= 0.3 is 0 Å². The summed E-state index contributed by atoms with van der Waals surface area (Å²) in [5.74, 6) is 1.39. The van der Waals surface area contributed by atoms with Crippen molar-refractivity contribution in [3.8, 4) is 0 Å². The molecule has 1 nitrogen and oxygen atoms in total. The largest absolute Gasteiger partial charge is 0.321 e. The Labute approximate surface area is 112 Å². The van der Waals surface area contributed by atoms with Gasteiger partial charge in [-0.25, -0.2) is 0 Å². The van der Waals surface area contributed by atoms with E-state index < -0.39 is 0 Å². The first-order valence-electron chi connectivity index (χ1n) is 7.45. The van der Waals surface area contributed by atoms with Crippen molar-refractivity contribution in [3.05, 3.63) is 35.4 Å². The molecule has 0 saturated carbocycles. The lowest BCUT2D eigenvalue weighted by Gasteiger charge is -2.40. The zero-order valence-electron chi connectivity index (χ0n) is 12.1. The molecule has 0 amide bonds. The van der Waals surface area contributed by atoms with Gasteiger partial charge in [-0.05, 0) is 42.2 Å². The second kappa shape index (κ2) is 5.44. The van der Waals surface area contributed by atoms with Crippen LogP contribution in [0.1, 0.15) is 69.9 Å². The van der Waals surface area contributed by atoms with Crippen LogP contribution in [0.4, 0.5) is 0 Å². The van der Waals surface area contributed by atoms with E-state index in [-0.39, 0.29) is 5.54 Å². The molecule has 1 aromatic rings. The van der Waals surface area contributed by atoms with Gasteiger partial charge in [-0.2, -0.15) is 0 Å². The van der Waals surface area contributed by atoms with Gasteiger partial charge in [0.25, 0.3) is 0 Å². The van der Waals surface area contributed by atoms with Crippen LogP contribution in [0, 0.1) is 5.92 Å². The van der Waals surface area contributed by atoms with Crippen LogP contribution in [-0.4, -0.2) is 0 Å². The number of hydrogen-bond donors (Lipinski definition) is 1. The highest BCUT2D eigenvalue weighted by Gasteiger charge is 2.35. The molecule has 1 aromatic carbocycles. The van der Waals surface area contributed by atoms with E-state index in [2.05, 4.69) is 45.0 Å². The SMILES string of the molecule is CCCC(C)CC1(N)CCC(C)c2ccccc21. The first-order valence-corrected chi connectivity index (χ1v) is 7.45. The lowest BCUT2D eigenvalue weighted by molar-refractivity contribution is 0.274. The summed E-state index contributed by atoms with van der Waals surface area (Å²) in [4.78, 5) is 0. The summed E-state index contributed by atoms with van der Waals surface area (Å²) >= 11 is 0. The molecule has 0 aromatic heterocycles. The van der Waals surface area contributed by atoms with E-state index in [0.29, 0.717) is 5.92 Å². The fourth-order valence-electron chi connectivity index (χ4n) is 3.57. The van der Waals surface area contributed by atoms with Gasteiger partial charge in [-0.15, -0.1) is 0 Å². The predicted octanol–water partition coefficient (Wildman–Crippen LogP) is 4.56. The molecule has 1 aliphatic rings. The lowest BCUT2D eigenvalue weighted by Crippen LogP contribution is -2.42. The topological polar surface area (TPSA) is 26.0 Å². The van der Waals surface area contributed by atoms with Crippen molar-refractivity contribution >= 4 is 0 Å². The average molecular weight is 245 g/mol. The molecule has 0 aliphatic heterocycles. The quantitative estimate of drug-likeness (QED) is 0.826. The Morgan fingerprint density at radius 1 is 1.39 bits per heavy atom. The zero-order chi connectivity index (χ0) is 13.2. The van der Waals surface area contributed by atoms with Gasteiger partial charge in [0.15, 0.2) is 0 Å². The third kappa shape index (κ3) is 2.61. The molecule has 3 unspecified atom stereocenters. The van der Waals surface area contributed by atoms with E-state index >= 15 is 0 Å². The second-order valence-electron chi connectivity index (χ2n) is 6.28. The normalized spacial score (nSPS) is 28.8. The molecule has 0 spiro atoms. The van der Waals surface area contributed by atoms with Gasteiger partial charge in [0.2, 0.25) is 0 Å². The first-order chi connectivity index (χ1) is 8.57. The Balaban J connectivity index is 2.26. The van der Waals surface area contributed by atoms with E-state index in [9.17, 15) is 0 Å². The minimum Gasteiger partial charge on any atom is -0.321 e. The first kappa shape index (κ1) is 13.6. The fraction of sp³-hybridized carbons (Fsp3) is 0.647. The highest BCUT2D eigenvalue weighted by Crippen LogP contribution is 2.43. The third-order valence-corrected chi connectivity index (χ3v) is 4.55. The molecule has 1 aliphatic carbocycles. The molecule has 0 radical (unpaired) electrons. The number of nitrogens with two attached hydrogens (primary N) is 1. The molecular weight excluding hydrogens is 218 g/mol. The summed E-state index contributed by atoms with van der Waals surface area (Å²) in [5, 5.41) is 0. The lowest BCUT2D eigenvalue weighted by atomic mass is 9.69. The maximum Gasteiger partial charge on any atom is 0.0415 e. The van der Waals surface area contributed by atoms with Crippen LogP contribution in [-0.2, 0) is 5.54 Å². The van der Waals surface area contributed by atoms with Gasteiger partial charge < -0.3 is 5.73 Å². The summed E-state index contributed by atoms with van der Waals surface area (Å²) < 4.78 is 0. The summed E-state index contributed by atoms with van der Waals surface area (Å²) in [6, 6.07) is 8.81. The molecule has 18 heavy (non-hydrogen) atoms. The van der Waals surface area contributed by atoms with Crippen molar-refractivity contribution in [2.75, 3.05) is 0 Å². The van der Waals surface area contributed by atoms with Crippen molar-refractivity contribution in [2.45, 2.75) is 64.3 Å². The van der Waals surface area contributed by atoms with Gasteiger partial charge in [-0.1, -0.05) is 57.9 Å². The van der Waals surface area contributed by atoms with Crippen LogP contribution in [0.5, 0.6) is 0 Å². The summed E-state index contributed by atoms with van der Waals surface area (Å²) in [5.41, 5.74) is 9.57. The van der Waals surface area contributed by atoms with Crippen molar-refractivity contribution in [1.29, 1.82) is 0 Å². The molecular formula is C17H27N. The maximum atomic E-state index is 6.76. The highest BCUT2D eigenvalue weighted by molar-refractivity contribution is 5.38.